The number of ketones is 3. The van der Waals surface area contributed by atoms with Crippen LogP contribution in [0.3, 0.4) is 0 Å². The molecule has 1 aliphatic rings. The first kappa shape index (κ1) is 27.4. The first-order valence-corrected chi connectivity index (χ1v) is 11.7. The van der Waals surface area contributed by atoms with Gasteiger partial charge in [-0.1, -0.05) is 34.1 Å². The van der Waals surface area contributed by atoms with E-state index in [9.17, 15) is 24.3 Å². The van der Waals surface area contributed by atoms with Gasteiger partial charge in [0.25, 0.3) is 0 Å². The zero-order valence-electron chi connectivity index (χ0n) is 19.9. The summed E-state index contributed by atoms with van der Waals surface area (Å²) in [4.78, 5) is 50.4. The van der Waals surface area contributed by atoms with Crippen LogP contribution in [0.25, 0.3) is 0 Å². The number of aliphatic hydroxyl groups is 1. The lowest BCUT2D eigenvalue weighted by Gasteiger charge is -2.29. The molecule has 1 saturated carbocycles. The van der Waals surface area contributed by atoms with Gasteiger partial charge in [0.2, 0.25) is 5.91 Å². The van der Waals surface area contributed by atoms with Crippen LogP contribution in [0.2, 0.25) is 0 Å². The van der Waals surface area contributed by atoms with Gasteiger partial charge in [0.15, 0.2) is 5.78 Å². The van der Waals surface area contributed by atoms with Gasteiger partial charge in [0.05, 0.1) is 18.1 Å². The van der Waals surface area contributed by atoms with Crippen molar-refractivity contribution in [2.45, 2.75) is 91.7 Å². The molecule has 5 atom stereocenters. The van der Waals surface area contributed by atoms with Gasteiger partial charge in [-0.25, -0.2) is 0 Å². The minimum atomic E-state index is -1.04. The van der Waals surface area contributed by atoms with E-state index in [4.69, 9.17) is 5.73 Å². The predicted octanol–water partition coefficient (Wildman–Crippen LogP) is 2.42. The number of hydrogen-bond acceptors (Lipinski definition) is 6. The summed E-state index contributed by atoms with van der Waals surface area (Å²) in [5.41, 5.74) is 5.64. The highest BCUT2D eigenvalue weighted by Gasteiger charge is 2.35. The number of Topliss-reactive ketones (excluding diaryl/α,β-unsaturated/α-hetero) is 3. The molecule has 0 heterocycles. The highest BCUT2D eigenvalue weighted by atomic mass is 16.3. The average molecular weight is 439 g/mol. The third-order valence-electron chi connectivity index (χ3n) is 6.36. The Hall–Kier alpha value is -1.60. The SMILES string of the molecule is CC(C)CCC(=O)[C@H]1CCC[C@@H](C(=O)C[C@H](C(=O)N[C@@H](CN)C(=O)C(C)C)[C@H](C)O)C1. The van der Waals surface area contributed by atoms with E-state index in [1.54, 1.807) is 13.8 Å². The van der Waals surface area contributed by atoms with E-state index in [1.165, 1.54) is 6.92 Å². The zero-order chi connectivity index (χ0) is 23.7. The average Bonchev–Trinajstić information content (AvgIpc) is 2.72. The Morgan fingerprint density at radius 3 is 2.06 bits per heavy atom. The first-order valence-electron chi connectivity index (χ1n) is 11.7. The van der Waals surface area contributed by atoms with Gasteiger partial charge < -0.3 is 16.2 Å². The summed E-state index contributed by atoms with van der Waals surface area (Å²) in [6, 6.07) is -0.832. The van der Waals surface area contributed by atoms with Gasteiger partial charge in [0.1, 0.15) is 11.6 Å². The smallest absolute Gasteiger partial charge is 0.226 e. The van der Waals surface area contributed by atoms with E-state index in [0.29, 0.717) is 25.2 Å². The van der Waals surface area contributed by atoms with Crippen molar-refractivity contribution >= 4 is 23.3 Å². The fraction of sp³-hybridized carbons (Fsp3) is 0.833. The summed E-state index contributed by atoms with van der Waals surface area (Å²) in [7, 11) is 0. The lowest BCUT2D eigenvalue weighted by Crippen LogP contribution is -2.51. The normalized spacial score (nSPS) is 22.1. The van der Waals surface area contributed by atoms with Crippen molar-refractivity contribution < 1.29 is 24.3 Å². The fourth-order valence-corrected chi connectivity index (χ4v) is 4.20. The maximum Gasteiger partial charge on any atom is 0.226 e. The van der Waals surface area contributed by atoms with Crippen LogP contribution in [-0.2, 0) is 19.2 Å². The molecule has 0 aliphatic heterocycles. The molecule has 178 valence electrons. The number of rotatable bonds is 13. The Morgan fingerprint density at radius 1 is 1.00 bits per heavy atom. The van der Waals surface area contributed by atoms with Crippen molar-refractivity contribution in [3.63, 3.8) is 0 Å². The molecule has 0 radical (unpaired) electrons. The van der Waals surface area contributed by atoms with Crippen LogP contribution in [0.1, 0.15) is 79.6 Å². The molecule has 0 aromatic rings. The van der Waals surface area contributed by atoms with Crippen LogP contribution in [0.15, 0.2) is 0 Å². The largest absolute Gasteiger partial charge is 0.393 e. The molecule has 7 nitrogen and oxygen atoms in total. The fourth-order valence-electron chi connectivity index (χ4n) is 4.20. The molecule has 0 unspecified atom stereocenters. The third-order valence-corrected chi connectivity index (χ3v) is 6.36. The van der Waals surface area contributed by atoms with E-state index in [1.807, 2.05) is 0 Å². The molecule has 1 rings (SSSR count). The Balaban J connectivity index is 2.75. The van der Waals surface area contributed by atoms with E-state index in [2.05, 4.69) is 19.2 Å². The van der Waals surface area contributed by atoms with Gasteiger partial charge in [-0.05, 0) is 38.5 Å². The van der Waals surface area contributed by atoms with Gasteiger partial charge in [-0.2, -0.15) is 0 Å². The molecule has 0 saturated heterocycles. The van der Waals surface area contributed by atoms with Crippen molar-refractivity contribution in [1.29, 1.82) is 0 Å². The van der Waals surface area contributed by atoms with Crippen LogP contribution < -0.4 is 11.1 Å². The Labute approximate surface area is 186 Å². The molecule has 0 bridgehead atoms. The quantitative estimate of drug-likeness (QED) is 0.405. The zero-order valence-corrected chi connectivity index (χ0v) is 19.9. The van der Waals surface area contributed by atoms with Crippen LogP contribution in [0.5, 0.6) is 0 Å². The van der Waals surface area contributed by atoms with E-state index < -0.39 is 24.0 Å². The molecular formula is C24H42N2O5. The third kappa shape index (κ3) is 8.81. The highest BCUT2D eigenvalue weighted by molar-refractivity contribution is 5.93. The summed E-state index contributed by atoms with van der Waals surface area (Å²) < 4.78 is 0. The Bertz CT molecular complexity index is 629. The molecule has 7 heteroatoms. The minimum absolute atomic E-state index is 0.0357. The minimum Gasteiger partial charge on any atom is -0.393 e. The summed E-state index contributed by atoms with van der Waals surface area (Å²) in [5, 5.41) is 12.8. The summed E-state index contributed by atoms with van der Waals surface area (Å²) in [5.74, 6) is -1.70. The topological polar surface area (TPSA) is 127 Å². The molecule has 1 fully saturated rings. The van der Waals surface area contributed by atoms with Gasteiger partial charge >= 0.3 is 0 Å². The maximum absolute atomic E-state index is 13.0. The van der Waals surface area contributed by atoms with Crippen molar-refractivity contribution in [3.8, 4) is 0 Å². The van der Waals surface area contributed by atoms with Crippen molar-refractivity contribution in [3.05, 3.63) is 0 Å². The number of carbonyl (C=O) groups is 4. The maximum atomic E-state index is 13.0. The van der Waals surface area contributed by atoms with Gasteiger partial charge in [-0.15, -0.1) is 0 Å². The Morgan fingerprint density at radius 2 is 1.58 bits per heavy atom. The highest BCUT2D eigenvalue weighted by Crippen LogP contribution is 2.33. The lowest BCUT2D eigenvalue weighted by atomic mass is 9.75. The number of carbonyl (C=O) groups excluding carboxylic acids is 4. The molecule has 0 aromatic carbocycles. The second-order valence-electron chi connectivity index (χ2n) is 9.83. The number of amides is 1. The van der Waals surface area contributed by atoms with Crippen molar-refractivity contribution in [2.75, 3.05) is 6.54 Å². The van der Waals surface area contributed by atoms with Crippen LogP contribution in [0.4, 0.5) is 0 Å². The van der Waals surface area contributed by atoms with Crippen molar-refractivity contribution in [2.24, 2.45) is 35.3 Å². The monoisotopic (exact) mass is 438 g/mol. The van der Waals surface area contributed by atoms with Crippen LogP contribution in [-0.4, -0.2) is 47.1 Å². The first-order chi connectivity index (χ1) is 14.5. The molecular weight excluding hydrogens is 396 g/mol. The number of nitrogens with two attached hydrogens (primary N) is 1. The molecule has 1 amide bonds. The molecule has 1 aliphatic carbocycles. The number of hydrogen-bond donors (Lipinski definition) is 3. The van der Waals surface area contributed by atoms with Crippen molar-refractivity contribution in [1.82, 2.24) is 5.32 Å². The van der Waals surface area contributed by atoms with E-state index in [-0.39, 0.29) is 48.1 Å². The van der Waals surface area contributed by atoms with Crippen LogP contribution in [0, 0.1) is 29.6 Å². The number of aliphatic hydroxyl groups excluding tert-OH is 1. The molecule has 0 aromatic heterocycles. The second kappa shape index (κ2) is 13.1. The Kier molecular flexibility index (Phi) is 11.6. The lowest BCUT2D eigenvalue weighted by molar-refractivity contribution is -0.137. The van der Waals surface area contributed by atoms with Crippen LogP contribution >= 0.6 is 0 Å². The van der Waals surface area contributed by atoms with Gasteiger partial charge in [-0.3, -0.25) is 19.2 Å². The van der Waals surface area contributed by atoms with Gasteiger partial charge in [0, 0.05) is 37.1 Å². The van der Waals surface area contributed by atoms with E-state index >= 15 is 0 Å². The summed E-state index contributed by atoms with van der Waals surface area (Å²) in [6.07, 6.45) is 3.13. The molecule has 4 N–H and O–H groups in total. The standard InChI is InChI=1S/C24H42N2O5/c1-14(2)9-10-21(28)17-7-6-8-18(11-17)22(29)12-19(16(5)27)24(31)26-20(13-25)23(30)15(3)4/h14-20,27H,6-13,25H2,1-5H3,(H,26,31)/t16-,17-,18+,19-,20-/m0/s1. The summed E-state index contributed by atoms with van der Waals surface area (Å²) in [6.45, 7) is 9.07. The molecule has 31 heavy (non-hydrogen) atoms. The van der Waals surface area contributed by atoms with E-state index in [0.717, 1.165) is 19.3 Å². The number of nitrogens with one attached hydrogen (secondary N) is 1. The molecule has 0 spiro atoms. The summed E-state index contributed by atoms with van der Waals surface area (Å²) >= 11 is 0. The second-order valence-corrected chi connectivity index (χ2v) is 9.83. The predicted molar refractivity (Wildman–Crippen MR) is 120 cm³/mol.